The molecule has 0 saturated heterocycles. The third kappa shape index (κ3) is 2.63. The van der Waals surface area contributed by atoms with Crippen molar-refractivity contribution < 1.29 is 19.1 Å². The van der Waals surface area contributed by atoms with Crippen molar-refractivity contribution in [2.24, 2.45) is 17.8 Å². The van der Waals surface area contributed by atoms with Crippen LogP contribution in [-0.2, 0) is 9.59 Å². The lowest BCUT2D eigenvalue weighted by Gasteiger charge is -2.21. The van der Waals surface area contributed by atoms with Crippen molar-refractivity contribution in [2.45, 2.75) is 25.8 Å². The monoisotopic (exact) mass is 303 g/mol. The highest BCUT2D eigenvalue weighted by molar-refractivity contribution is 5.86. The van der Waals surface area contributed by atoms with Gasteiger partial charge in [0, 0.05) is 5.92 Å². The number of benzene rings is 1. The van der Waals surface area contributed by atoms with Gasteiger partial charge < -0.3 is 10.4 Å². The Morgan fingerprint density at radius 3 is 2.64 bits per heavy atom. The summed E-state index contributed by atoms with van der Waals surface area (Å²) in [6, 6.07) is 2.96. The normalized spacial score (nSPS) is 26.9. The quantitative estimate of drug-likeness (QED) is 0.840. The summed E-state index contributed by atoms with van der Waals surface area (Å²) in [7, 11) is 0. The molecule has 1 saturated carbocycles. The molecule has 1 fully saturated rings. The molecule has 3 rings (SSSR count). The number of carbonyl (C=O) groups excluding carboxylic acids is 1. The van der Waals surface area contributed by atoms with Crippen molar-refractivity contribution in [3.05, 3.63) is 47.3 Å². The minimum Gasteiger partial charge on any atom is -0.479 e. The van der Waals surface area contributed by atoms with Crippen LogP contribution in [0.25, 0.3) is 0 Å². The van der Waals surface area contributed by atoms with Crippen LogP contribution < -0.4 is 5.32 Å². The fraction of sp³-hybridized carbons (Fsp3) is 0.412. The summed E-state index contributed by atoms with van der Waals surface area (Å²) >= 11 is 0. The zero-order chi connectivity index (χ0) is 15.9. The highest BCUT2D eigenvalue weighted by atomic mass is 19.1. The number of aliphatic carboxylic acids is 1. The smallest absolute Gasteiger partial charge is 0.330 e. The van der Waals surface area contributed by atoms with Gasteiger partial charge in [-0.1, -0.05) is 24.3 Å². The minimum atomic E-state index is -1.14. The average molecular weight is 303 g/mol. The van der Waals surface area contributed by atoms with Gasteiger partial charge in [-0.2, -0.15) is 0 Å². The minimum absolute atomic E-state index is 0.154. The van der Waals surface area contributed by atoms with Crippen LogP contribution in [0.15, 0.2) is 30.4 Å². The van der Waals surface area contributed by atoms with E-state index in [1.165, 1.54) is 18.2 Å². The van der Waals surface area contributed by atoms with Crippen LogP contribution in [0.2, 0.25) is 0 Å². The van der Waals surface area contributed by atoms with Gasteiger partial charge in [0.2, 0.25) is 5.91 Å². The number of nitrogens with one attached hydrogen (secondary N) is 1. The predicted molar refractivity (Wildman–Crippen MR) is 78.5 cm³/mol. The van der Waals surface area contributed by atoms with Gasteiger partial charge in [-0.15, -0.1) is 0 Å². The van der Waals surface area contributed by atoms with Gasteiger partial charge in [-0.05, 0) is 48.8 Å². The van der Waals surface area contributed by atoms with E-state index in [0.717, 1.165) is 12.8 Å². The average Bonchev–Trinajstić information content (AvgIpc) is 3.10. The van der Waals surface area contributed by atoms with Gasteiger partial charge in [-0.3, -0.25) is 4.79 Å². The Labute approximate surface area is 128 Å². The number of carboxylic acid groups (broad SMARTS) is 1. The molecule has 2 aliphatic carbocycles. The Morgan fingerprint density at radius 2 is 2.09 bits per heavy atom. The SMILES string of the molecule is Cc1cc(C(NC(=O)C2CC3C=CC2C3)C(=O)O)ccc1F. The molecule has 0 aliphatic heterocycles. The Balaban J connectivity index is 1.77. The molecule has 4 nitrogen and oxygen atoms in total. The molecule has 1 amide bonds. The number of allylic oxidation sites excluding steroid dienone is 2. The van der Waals surface area contributed by atoms with E-state index in [-0.39, 0.29) is 17.7 Å². The largest absolute Gasteiger partial charge is 0.479 e. The second kappa shape index (κ2) is 5.55. The van der Waals surface area contributed by atoms with E-state index in [4.69, 9.17) is 0 Å². The maximum atomic E-state index is 13.3. The van der Waals surface area contributed by atoms with Crippen LogP contribution in [0, 0.1) is 30.5 Å². The number of halogens is 1. The van der Waals surface area contributed by atoms with Crippen LogP contribution >= 0.6 is 0 Å². The first-order chi connectivity index (χ1) is 10.5. The lowest BCUT2D eigenvalue weighted by molar-refractivity contribution is -0.142. The Morgan fingerprint density at radius 1 is 1.32 bits per heavy atom. The van der Waals surface area contributed by atoms with Crippen molar-refractivity contribution in [1.29, 1.82) is 0 Å². The van der Waals surface area contributed by atoms with Crippen LogP contribution in [-0.4, -0.2) is 17.0 Å². The van der Waals surface area contributed by atoms with E-state index in [1.807, 2.05) is 0 Å². The fourth-order valence-electron chi connectivity index (χ4n) is 3.47. The second-order valence-electron chi connectivity index (χ2n) is 6.18. The summed E-state index contributed by atoms with van der Waals surface area (Å²) in [5.74, 6) is -1.26. The number of amides is 1. The maximum Gasteiger partial charge on any atom is 0.330 e. The van der Waals surface area contributed by atoms with Gasteiger partial charge in [0.05, 0.1) is 0 Å². The summed E-state index contributed by atoms with van der Waals surface area (Å²) < 4.78 is 13.3. The Hall–Kier alpha value is -2.17. The van der Waals surface area contributed by atoms with E-state index in [2.05, 4.69) is 17.5 Å². The number of rotatable bonds is 4. The van der Waals surface area contributed by atoms with Gasteiger partial charge in [0.15, 0.2) is 6.04 Å². The van der Waals surface area contributed by atoms with E-state index in [1.54, 1.807) is 6.92 Å². The van der Waals surface area contributed by atoms with Crippen molar-refractivity contribution in [1.82, 2.24) is 5.32 Å². The van der Waals surface area contributed by atoms with Crippen LogP contribution in [0.4, 0.5) is 4.39 Å². The molecule has 4 atom stereocenters. The lowest BCUT2D eigenvalue weighted by Crippen LogP contribution is -2.39. The first-order valence-electron chi connectivity index (χ1n) is 7.43. The molecule has 116 valence electrons. The maximum absolute atomic E-state index is 13.3. The first kappa shape index (κ1) is 14.8. The topological polar surface area (TPSA) is 66.4 Å². The lowest BCUT2D eigenvalue weighted by atomic mass is 9.92. The highest BCUT2D eigenvalue weighted by Gasteiger charge is 2.40. The second-order valence-corrected chi connectivity index (χ2v) is 6.18. The van der Waals surface area contributed by atoms with Crippen molar-refractivity contribution in [2.75, 3.05) is 0 Å². The zero-order valence-corrected chi connectivity index (χ0v) is 12.3. The van der Waals surface area contributed by atoms with E-state index >= 15 is 0 Å². The summed E-state index contributed by atoms with van der Waals surface area (Å²) in [6.07, 6.45) is 5.94. The van der Waals surface area contributed by atoms with Gasteiger partial charge in [-0.25, -0.2) is 9.18 Å². The van der Waals surface area contributed by atoms with Gasteiger partial charge >= 0.3 is 5.97 Å². The number of hydrogen-bond donors (Lipinski definition) is 2. The number of carbonyl (C=O) groups is 2. The fourth-order valence-corrected chi connectivity index (χ4v) is 3.47. The molecular weight excluding hydrogens is 285 g/mol. The van der Waals surface area contributed by atoms with Crippen molar-refractivity contribution in [3.63, 3.8) is 0 Å². The molecule has 2 N–H and O–H groups in total. The van der Waals surface area contributed by atoms with Crippen LogP contribution in [0.1, 0.15) is 30.0 Å². The number of fused-ring (bicyclic) bond motifs is 2. The predicted octanol–water partition coefficient (Wildman–Crippen LogP) is 2.59. The van der Waals surface area contributed by atoms with Crippen LogP contribution in [0.5, 0.6) is 0 Å². The van der Waals surface area contributed by atoms with E-state index in [0.29, 0.717) is 17.0 Å². The first-order valence-corrected chi connectivity index (χ1v) is 7.43. The molecule has 0 aromatic heterocycles. The molecular formula is C17H18FNO3. The van der Waals surface area contributed by atoms with Crippen molar-refractivity contribution >= 4 is 11.9 Å². The summed E-state index contributed by atoms with van der Waals surface area (Å²) in [5.41, 5.74) is 0.749. The highest BCUT2D eigenvalue weighted by Crippen LogP contribution is 2.43. The molecule has 0 spiro atoms. The zero-order valence-electron chi connectivity index (χ0n) is 12.3. The molecule has 0 heterocycles. The molecule has 0 radical (unpaired) electrons. The molecule has 5 heteroatoms. The van der Waals surface area contributed by atoms with Gasteiger partial charge in [0.1, 0.15) is 5.82 Å². The molecule has 22 heavy (non-hydrogen) atoms. The molecule has 2 bridgehead atoms. The van der Waals surface area contributed by atoms with Crippen molar-refractivity contribution in [3.8, 4) is 0 Å². The standard InChI is InChI=1S/C17H18FNO3/c1-9-6-12(4-5-14(9)18)15(17(21)22)19-16(20)13-8-10-2-3-11(13)7-10/h2-6,10-11,13,15H,7-8H2,1H3,(H,19,20)(H,21,22). The summed E-state index contributed by atoms with van der Waals surface area (Å²) in [4.78, 5) is 23.9. The molecule has 1 aromatic carbocycles. The Kier molecular flexibility index (Phi) is 3.72. The van der Waals surface area contributed by atoms with E-state index < -0.39 is 17.8 Å². The third-order valence-corrected chi connectivity index (χ3v) is 4.66. The Bertz CT molecular complexity index is 655. The molecule has 2 aliphatic rings. The number of carboxylic acids is 1. The summed E-state index contributed by atoms with van der Waals surface area (Å²) in [5, 5.41) is 12.0. The molecule has 1 aromatic rings. The van der Waals surface area contributed by atoms with E-state index in [9.17, 15) is 19.1 Å². The molecule has 4 unspecified atom stereocenters. The number of hydrogen-bond acceptors (Lipinski definition) is 2. The van der Waals surface area contributed by atoms with Gasteiger partial charge in [0.25, 0.3) is 0 Å². The summed E-state index contributed by atoms with van der Waals surface area (Å²) in [6.45, 7) is 1.57. The third-order valence-electron chi connectivity index (χ3n) is 4.66. The van der Waals surface area contributed by atoms with Crippen LogP contribution in [0.3, 0.4) is 0 Å². The number of aryl methyl sites for hydroxylation is 1.